The van der Waals surface area contributed by atoms with Crippen molar-refractivity contribution >= 4 is 5.91 Å². The molecule has 2 N–H and O–H groups in total. The van der Waals surface area contributed by atoms with Gasteiger partial charge in [-0.15, -0.1) is 0 Å². The molecule has 0 aromatic carbocycles. The molecule has 1 heterocycles. The highest BCUT2D eigenvalue weighted by atomic mass is 16.5. The Balaban J connectivity index is 1.86. The molecule has 0 spiro atoms. The van der Waals surface area contributed by atoms with Crippen LogP contribution in [0.1, 0.15) is 48.9 Å². The second-order valence-corrected chi connectivity index (χ2v) is 5.41. The summed E-state index contributed by atoms with van der Waals surface area (Å²) in [5.74, 6) is 0.975. The Morgan fingerprint density at radius 2 is 2.28 bits per heavy atom. The molecule has 1 aromatic rings. The van der Waals surface area contributed by atoms with Crippen molar-refractivity contribution in [1.82, 2.24) is 10.5 Å². The highest BCUT2D eigenvalue weighted by Gasteiger charge is 2.32. The van der Waals surface area contributed by atoms with Gasteiger partial charge in [0, 0.05) is 12.6 Å². The molecule has 2 rings (SSSR count). The number of aromatic nitrogens is 1. The van der Waals surface area contributed by atoms with Crippen molar-refractivity contribution in [1.29, 1.82) is 0 Å². The van der Waals surface area contributed by atoms with E-state index >= 15 is 0 Å². The molecule has 0 bridgehead atoms. The molecule has 1 aliphatic rings. The molecular weight excluding hydrogens is 232 g/mol. The molecule has 1 amide bonds. The highest BCUT2D eigenvalue weighted by molar-refractivity contribution is 5.92. The molecule has 0 saturated heterocycles. The van der Waals surface area contributed by atoms with Crippen LogP contribution in [0.3, 0.4) is 0 Å². The van der Waals surface area contributed by atoms with Crippen LogP contribution in [-0.4, -0.2) is 28.3 Å². The van der Waals surface area contributed by atoms with E-state index in [-0.39, 0.29) is 18.1 Å². The summed E-state index contributed by atoms with van der Waals surface area (Å²) in [7, 11) is 0. The SMILES string of the molecule is Cc1cc(C(=O)NCC2(O)CCC(C)CC2)no1. The van der Waals surface area contributed by atoms with Crippen LogP contribution in [0.25, 0.3) is 0 Å². The molecule has 5 heteroatoms. The topological polar surface area (TPSA) is 75.4 Å². The summed E-state index contributed by atoms with van der Waals surface area (Å²) in [4.78, 5) is 11.8. The molecular formula is C13H20N2O3. The molecule has 1 aromatic heterocycles. The van der Waals surface area contributed by atoms with E-state index in [1.807, 2.05) is 0 Å². The van der Waals surface area contributed by atoms with Gasteiger partial charge < -0.3 is 14.9 Å². The van der Waals surface area contributed by atoms with Gasteiger partial charge >= 0.3 is 0 Å². The molecule has 5 nitrogen and oxygen atoms in total. The molecule has 1 saturated carbocycles. The summed E-state index contributed by atoms with van der Waals surface area (Å²) in [6.07, 6.45) is 3.50. The zero-order chi connectivity index (χ0) is 13.2. The minimum absolute atomic E-state index is 0.264. The van der Waals surface area contributed by atoms with Crippen LogP contribution in [0, 0.1) is 12.8 Å². The third-order valence-corrected chi connectivity index (χ3v) is 3.64. The van der Waals surface area contributed by atoms with Gasteiger partial charge in [-0.3, -0.25) is 4.79 Å². The number of nitrogens with one attached hydrogen (secondary N) is 1. The van der Waals surface area contributed by atoms with E-state index < -0.39 is 5.60 Å². The first-order valence-corrected chi connectivity index (χ1v) is 6.42. The number of carbonyl (C=O) groups is 1. The lowest BCUT2D eigenvalue weighted by molar-refractivity contribution is -0.00546. The van der Waals surface area contributed by atoms with Gasteiger partial charge in [-0.05, 0) is 38.5 Å². The van der Waals surface area contributed by atoms with E-state index in [2.05, 4.69) is 17.4 Å². The molecule has 100 valence electrons. The average Bonchev–Trinajstić information content (AvgIpc) is 2.77. The predicted octanol–water partition coefficient (Wildman–Crippen LogP) is 1.65. The maximum Gasteiger partial charge on any atom is 0.273 e. The van der Waals surface area contributed by atoms with Gasteiger partial charge in [0.2, 0.25) is 0 Å². The van der Waals surface area contributed by atoms with Crippen molar-refractivity contribution in [3.8, 4) is 0 Å². The Hall–Kier alpha value is -1.36. The summed E-state index contributed by atoms with van der Waals surface area (Å²) in [5.41, 5.74) is -0.499. The summed E-state index contributed by atoms with van der Waals surface area (Å²) < 4.78 is 4.84. The zero-order valence-electron chi connectivity index (χ0n) is 10.9. The number of hydrogen-bond acceptors (Lipinski definition) is 4. The van der Waals surface area contributed by atoms with Gasteiger partial charge in [0.05, 0.1) is 5.60 Å². The number of hydrogen-bond donors (Lipinski definition) is 2. The zero-order valence-corrected chi connectivity index (χ0v) is 10.9. The quantitative estimate of drug-likeness (QED) is 0.857. The monoisotopic (exact) mass is 252 g/mol. The average molecular weight is 252 g/mol. The molecule has 0 unspecified atom stereocenters. The lowest BCUT2D eigenvalue weighted by Gasteiger charge is -2.34. The lowest BCUT2D eigenvalue weighted by atomic mass is 9.79. The number of amides is 1. The Kier molecular flexibility index (Phi) is 3.71. The van der Waals surface area contributed by atoms with Gasteiger partial charge in [-0.2, -0.15) is 0 Å². The van der Waals surface area contributed by atoms with Crippen LogP contribution in [0.4, 0.5) is 0 Å². The number of nitrogens with zero attached hydrogens (tertiary/aromatic N) is 1. The summed E-state index contributed by atoms with van der Waals surface area (Å²) in [6, 6.07) is 1.59. The smallest absolute Gasteiger partial charge is 0.273 e. The Morgan fingerprint density at radius 1 is 1.61 bits per heavy atom. The van der Waals surface area contributed by atoms with Crippen LogP contribution in [-0.2, 0) is 0 Å². The van der Waals surface area contributed by atoms with E-state index in [1.54, 1.807) is 13.0 Å². The molecule has 0 radical (unpaired) electrons. The molecule has 1 aliphatic carbocycles. The molecule has 0 atom stereocenters. The van der Waals surface area contributed by atoms with Crippen LogP contribution < -0.4 is 5.32 Å². The van der Waals surface area contributed by atoms with E-state index in [4.69, 9.17) is 4.52 Å². The van der Waals surface area contributed by atoms with Gasteiger partial charge in [-0.25, -0.2) is 0 Å². The summed E-state index contributed by atoms with van der Waals surface area (Å²) in [5, 5.41) is 16.7. The van der Waals surface area contributed by atoms with E-state index in [0.29, 0.717) is 11.7 Å². The predicted molar refractivity (Wildman–Crippen MR) is 66.2 cm³/mol. The first-order valence-electron chi connectivity index (χ1n) is 6.42. The fourth-order valence-electron chi connectivity index (χ4n) is 2.29. The Morgan fingerprint density at radius 3 is 2.83 bits per heavy atom. The standard InChI is InChI=1S/C13H20N2O3/c1-9-3-5-13(17,6-4-9)8-14-12(16)11-7-10(2)18-15-11/h7,9,17H,3-6,8H2,1-2H3,(H,14,16). The fraction of sp³-hybridized carbons (Fsp3) is 0.692. The number of aliphatic hydroxyl groups is 1. The maximum atomic E-state index is 11.8. The minimum atomic E-state index is -0.763. The van der Waals surface area contributed by atoms with Crippen LogP contribution in [0.2, 0.25) is 0 Å². The second-order valence-electron chi connectivity index (χ2n) is 5.41. The largest absolute Gasteiger partial charge is 0.388 e. The molecule has 1 fully saturated rings. The van der Waals surface area contributed by atoms with Crippen LogP contribution >= 0.6 is 0 Å². The number of rotatable bonds is 3. The minimum Gasteiger partial charge on any atom is -0.388 e. The summed E-state index contributed by atoms with van der Waals surface area (Å²) >= 11 is 0. The van der Waals surface area contributed by atoms with Crippen molar-refractivity contribution in [2.45, 2.75) is 45.1 Å². The van der Waals surface area contributed by atoms with Gasteiger partial charge in [0.1, 0.15) is 5.76 Å². The van der Waals surface area contributed by atoms with Crippen molar-refractivity contribution in [2.24, 2.45) is 5.92 Å². The maximum absolute atomic E-state index is 11.8. The molecule has 18 heavy (non-hydrogen) atoms. The first-order chi connectivity index (χ1) is 8.48. The number of aryl methyl sites for hydroxylation is 1. The number of carbonyl (C=O) groups excluding carboxylic acids is 1. The first kappa shape index (κ1) is 13.1. The van der Waals surface area contributed by atoms with Gasteiger partial charge in [-0.1, -0.05) is 12.1 Å². The van der Waals surface area contributed by atoms with Crippen molar-refractivity contribution in [2.75, 3.05) is 6.54 Å². The Labute approximate surface area is 107 Å². The Bertz CT molecular complexity index is 420. The normalized spacial score (nSPS) is 28.1. The summed E-state index contributed by atoms with van der Waals surface area (Å²) in [6.45, 7) is 4.21. The van der Waals surface area contributed by atoms with Crippen molar-refractivity contribution in [3.63, 3.8) is 0 Å². The fourth-order valence-corrected chi connectivity index (χ4v) is 2.29. The van der Waals surface area contributed by atoms with Gasteiger partial charge in [0.25, 0.3) is 5.91 Å². The third-order valence-electron chi connectivity index (χ3n) is 3.64. The third kappa shape index (κ3) is 3.10. The lowest BCUT2D eigenvalue weighted by Crippen LogP contribution is -2.45. The highest BCUT2D eigenvalue weighted by Crippen LogP contribution is 2.31. The van der Waals surface area contributed by atoms with E-state index in [0.717, 1.165) is 25.7 Å². The van der Waals surface area contributed by atoms with Crippen LogP contribution in [0.5, 0.6) is 0 Å². The molecule has 0 aliphatic heterocycles. The van der Waals surface area contributed by atoms with E-state index in [9.17, 15) is 9.90 Å². The van der Waals surface area contributed by atoms with Crippen molar-refractivity contribution < 1.29 is 14.4 Å². The van der Waals surface area contributed by atoms with Gasteiger partial charge in [0.15, 0.2) is 5.69 Å². The second kappa shape index (κ2) is 5.10. The van der Waals surface area contributed by atoms with E-state index in [1.165, 1.54) is 0 Å². The van der Waals surface area contributed by atoms with Crippen molar-refractivity contribution in [3.05, 3.63) is 17.5 Å². The van der Waals surface area contributed by atoms with Crippen LogP contribution in [0.15, 0.2) is 10.6 Å².